The molecule has 2 aliphatic heterocycles. The van der Waals surface area contributed by atoms with Gasteiger partial charge in [0.2, 0.25) is 5.78 Å². The molecule has 9 nitrogen and oxygen atoms in total. The van der Waals surface area contributed by atoms with Crippen molar-refractivity contribution in [3.8, 4) is 0 Å². The minimum Gasteiger partial charge on any atom is -0.454 e. The summed E-state index contributed by atoms with van der Waals surface area (Å²) in [6.07, 6.45) is 3.45. The smallest absolute Gasteiger partial charge is 0.338 e. The molecule has 10 heteroatoms. The first-order chi connectivity index (χ1) is 16.6. The number of methoxy groups -OCH3 is 1. The predicted octanol–water partition coefficient (Wildman–Crippen LogP) is 3.83. The minimum atomic E-state index is -3.92. The lowest BCUT2D eigenvalue weighted by molar-refractivity contribution is 0.0474. The molecule has 0 N–H and O–H groups in total. The maximum Gasteiger partial charge on any atom is 0.338 e. The monoisotopic (exact) mass is 501 g/mol. The van der Waals surface area contributed by atoms with Gasteiger partial charge in [0.1, 0.15) is 10.7 Å². The number of nitrogens with zero attached hydrogens (tertiary/aromatic N) is 3. The van der Waals surface area contributed by atoms with Gasteiger partial charge in [0.15, 0.2) is 6.61 Å². The van der Waals surface area contributed by atoms with Crippen molar-refractivity contribution < 1.29 is 27.5 Å². The van der Waals surface area contributed by atoms with Crippen LogP contribution < -0.4 is 4.90 Å². The maximum atomic E-state index is 12.8. The molecule has 1 saturated heterocycles. The van der Waals surface area contributed by atoms with Crippen molar-refractivity contribution in [3.05, 3.63) is 46.8 Å². The first-order valence-corrected chi connectivity index (χ1v) is 13.2. The first-order valence-electron chi connectivity index (χ1n) is 11.8. The van der Waals surface area contributed by atoms with Crippen molar-refractivity contribution in [2.75, 3.05) is 31.8 Å². The number of carbonyl (C=O) groups excluding carboxylic acids is 2. The largest absolute Gasteiger partial charge is 0.454 e. The van der Waals surface area contributed by atoms with Gasteiger partial charge in [-0.2, -0.15) is 8.42 Å². The van der Waals surface area contributed by atoms with E-state index in [1.807, 2.05) is 30.2 Å². The van der Waals surface area contributed by atoms with Crippen LogP contribution in [-0.2, 0) is 19.5 Å². The number of fused-ring (bicyclic) bond motifs is 3. The van der Waals surface area contributed by atoms with Crippen molar-refractivity contribution in [3.63, 3.8) is 0 Å². The summed E-state index contributed by atoms with van der Waals surface area (Å²) in [5, 5.41) is 0. The van der Waals surface area contributed by atoms with E-state index in [0.29, 0.717) is 36.7 Å². The average molecular weight is 502 g/mol. The number of hydrogen-bond donors (Lipinski definition) is 0. The summed E-state index contributed by atoms with van der Waals surface area (Å²) >= 11 is 0. The number of esters is 1. The van der Waals surface area contributed by atoms with Gasteiger partial charge < -0.3 is 18.9 Å². The van der Waals surface area contributed by atoms with E-state index in [2.05, 4.69) is 4.40 Å². The maximum absolute atomic E-state index is 12.8. The lowest BCUT2D eigenvalue weighted by atomic mass is 10.1. The molecule has 0 aliphatic carbocycles. The second-order valence-electron chi connectivity index (χ2n) is 9.09. The highest BCUT2D eigenvalue weighted by Crippen LogP contribution is 2.35. The second kappa shape index (κ2) is 9.94. The average Bonchev–Trinajstić information content (AvgIpc) is 2.96. The number of aryl methyl sites for hydroxylation is 1. The van der Waals surface area contributed by atoms with E-state index >= 15 is 0 Å². The SMILES string of the molecule is COCC(C)n1c(C)cc(C(=O)COC(=O)c2ccc3c(c2)S(=O)(=O)N=C2CCCCCN23)c1C. The van der Waals surface area contributed by atoms with Crippen LogP contribution in [0.15, 0.2) is 33.6 Å². The Morgan fingerprint density at radius 3 is 2.66 bits per heavy atom. The number of benzene rings is 1. The topological polar surface area (TPSA) is 107 Å². The molecule has 1 aromatic heterocycles. The molecule has 1 unspecified atom stereocenters. The number of carbonyl (C=O) groups is 2. The summed E-state index contributed by atoms with van der Waals surface area (Å²) in [6, 6.07) is 6.28. The van der Waals surface area contributed by atoms with Gasteiger partial charge in [0.25, 0.3) is 10.0 Å². The Kier molecular flexibility index (Phi) is 7.14. The lowest BCUT2D eigenvalue weighted by Crippen LogP contribution is -2.35. The van der Waals surface area contributed by atoms with Crippen LogP contribution in [0.25, 0.3) is 0 Å². The number of sulfonamides is 1. The number of anilines is 1. The molecule has 0 bridgehead atoms. The van der Waals surface area contributed by atoms with Crippen LogP contribution in [0.5, 0.6) is 0 Å². The number of ketones is 1. The van der Waals surface area contributed by atoms with Gasteiger partial charge in [-0.25, -0.2) is 4.79 Å². The molecule has 35 heavy (non-hydrogen) atoms. The van der Waals surface area contributed by atoms with Crippen molar-refractivity contribution >= 4 is 33.3 Å². The van der Waals surface area contributed by atoms with E-state index in [1.165, 1.54) is 12.1 Å². The zero-order valence-electron chi connectivity index (χ0n) is 20.5. The Bertz CT molecular complexity index is 1290. The van der Waals surface area contributed by atoms with Crippen LogP contribution in [0.1, 0.15) is 70.8 Å². The van der Waals surface area contributed by atoms with Gasteiger partial charge in [-0.1, -0.05) is 6.42 Å². The zero-order valence-corrected chi connectivity index (χ0v) is 21.4. The Hall–Kier alpha value is -2.98. The van der Waals surface area contributed by atoms with Gasteiger partial charge in [-0.15, -0.1) is 4.40 Å². The standard InChI is InChI=1S/C25H31N3O6S/c1-16-12-20(18(3)28(16)17(2)14-33-4)22(29)15-34-25(30)19-9-10-21-23(13-19)35(31,32)26-24-8-6-5-7-11-27(21)24/h9-10,12-13,17H,5-8,11,14-15H2,1-4H3. The number of amidine groups is 1. The van der Waals surface area contributed by atoms with E-state index in [-0.39, 0.29) is 22.3 Å². The summed E-state index contributed by atoms with van der Waals surface area (Å²) < 4.78 is 42.1. The minimum absolute atomic E-state index is 0.0143. The molecule has 4 rings (SSSR count). The van der Waals surface area contributed by atoms with Crippen molar-refractivity contribution in [2.45, 2.75) is 57.4 Å². The van der Waals surface area contributed by atoms with Crippen LogP contribution in [-0.4, -0.2) is 57.4 Å². The lowest BCUT2D eigenvalue weighted by Gasteiger charge is -2.29. The zero-order chi connectivity index (χ0) is 25.3. The quantitative estimate of drug-likeness (QED) is 0.419. The molecule has 1 fully saturated rings. The number of aromatic nitrogens is 1. The first kappa shape index (κ1) is 25.1. The Labute approximate surface area is 205 Å². The molecule has 0 spiro atoms. The van der Waals surface area contributed by atoms with Crippen molar-refractivity contribution in [1.82, 2.24) is 4.57 Å². The molecule has 0 radical (unpaired) electrons. The number of rotatable bonds is 7. The molecule has 188 valence electrons. The Balaban J connectivity index is 1.51. The normalized spacial score (nSPS) is 17.6. The molecular weight excluding hydrogens is 470 g/mol. The molecule has 2 aliphatic rings. The van der Waals surface area contributed by atoms with E-state index in [9.17, 15) is 18.0 Å². The summed E-state index contributed by atoms with van der Waals surface area (Å²) in [7, 11) is -2.29. The molecular formula is C25H31N3O6S. The number of ether oxygens (including phenoxy) is 2. The van der Waals surface area contributed by atoms with Gasteiger partial charge in [-0.3, -0.25) is 4.79 Å². The van der Waals surface area contributed by atoms with Crippen molar-refractivity contribution in [1.29, 1.82) is 0 Å². The van der Waals surface area contributed by atoms with Gasteiger partial charge in [-0.05, 0) is 57.9 Å². The van der Waals surface area contributed by atoms with Crippen LogP contribution in [0.2, 0.25) is 0 Å². The van der Waals surface area contributed by atoms with E-state index < -0.39 is 22.6 Å². The summed E-state index contributed by atoms with van der Waals surface area (Å²) in [4.78, 5) is 27.5. The second-order valence-corrected chi connectivity index (χ2v) is 10.7. The van der Waals surface area contributed by atoms with Gasteiger partial charge >= 0.3 is 5.97 Å². The van der Waals surface area contributed by atoms with Crippen LogP contribution >= 0.6 is 0 Å². The fourth-order valence-electron chi connectivity index (χ4n) is 4.95. The third-order valence-corrected chi connectivity index (χ3v) is 7.89. The fraction of sp³-hybridized carbons (Fsp3) is 0.480. The summed E-state index contributed by atoms with van der Waals surface area (Å²) in [6.45, 7) is 6.50. The Morgan fingerprint density at radius 2 is 1.91 bits per heavy atom. The molecule has 1 atom stereocenters. The number of Topliss-reactive ketones (excluding diaryl/α,β-unsaturated/α-hetero) is 1. The van der Waals surface area contributed by atoms with Gasteiger partial charge in [0.05, 0.1) is 23.9 Å². The predicted molar refractivity (Wildman–Crippen MR) is 132 cm³/mol. The third kappa shape index (κ3) is 4.90. The highest BCUT2D eigenvalue weighted by Gasteiger charge is 2.32. The molecule has 0 saturated carbocycles. The van der Waals surface area contributed by atoms with E-state index in [1.54, 1.807) is 19.2 Å². The fourth-order valence-corrected chi connectivity index (χ4v) is 6.24. The van der Waals surface area contributed by atoms with E-state index in [0.717, 1.165) is 30.7 Å². The highest BCUT2D eigenvalue weighted by molar-refractivity contribution is 7.90. The van der Waals surface area contributed by atoms with Gasteiger partial charge in [0, 0.05) is 37.0 Å². The van der Waals surface area contributed by atoms with Crippen LogP contribution in [0.4, 0.5) is 5.69 Å². The third-order valence-electron chi connectivity index (χ3n) is 6.55. The summed E-state index contributed by atoms with van der Waals surface area (Å²) in [5.74, 6) is -0.538. The molecule has 3 heterocycles. The highest BCUT2D eigenvalue weighted by atomic mass is 32.2. The van der Waals surface area contributed by atoms with Crippen LogP contribution in [0, 0.1) is 13.8 Å². The molecule has 0 amide bonds. The molecule has 2 aromatic rings. The molecule has 1 aromatic carbocycles. The number of hydrogen-bond acceptors (Lipinski definition) is 7. The summed E-state index contributed by atoms with van der Waals surface area (Å²) in [5.41, 5.74) is 2.76. The van der Waals surface area contributed by atoms with Crippen LogP contribution in [0.3, 0.4) is 0 Å². The van der Waals surface area contributed by atoms with Crippen molar-refractivity contribution in [2.24, 2.45) is 4.40 Å². The Morgan fingerprint density at radius 1 is 1.14 bits per heavy atom. The van der Waals surface area contributed by atoms with E-state index in [4.69, 9.17) is 9.47 Å².